The lowest BCUT2D eigenvalue weighted by atomic mass is 10.2. The van der Waals surface area contributed by atoms with Gasteiger partial charge in [0.1, 0.15) is 5.75 Å². The van der Waals surface area contributed by atoms with Crippen molar-refractivity contribution in [1.82, 2.24) is 4.90 Å². The zero-order valence-electron chi connectivity index (χ0n) is 12.1. The number of hydrogen-bond acceptors (Lipinski definition) is 3. The van der Waals surface area contributed by atoms with Crippen LogP contribution in [0.15, 0.2) is 24.3 Å². The number of para-hydroxylation sites is 1. The standard InChI is InChI=1S/C15H21NO4/c1-4-12(15(19)16(3)10-9-14(17)18)20-13-8-6-5-7-11(13)2/h5-8,12H,4,9-10H2,1-3H3,(H,17,18). The summed E-state index contributed by atoms with van der Waals surface area (Å²) in [5, 5.41) is 8.64. The summed E-state index contributed by atoms with van der Waals surface area (Å²) in [6.45, 7) is 3.97. The zero-order chi connectivity index (χ0) is 15.1. The van der Waals surface area contributed by atoms with E-state index in [1.54, 1.807) is 7.05 Å². The number of ether oxygens (including phenoxy) is 1. The van der Waals surface area contributed by atoms with E-state index in [4.69, 9.17) is 9.84 Å². The molecule has 0 saturated carbocycles. The molecule has 1 N–H and O–H groups in total. The number of amides is 1. The van der Waals surface area contributed by atoms with Gasteiger partial charge in [0.2, 0.25) is 0 Å². The van der Waals surface area contributed by atoms with E-state index >= 15 is 0 Å². The highest BCUT2D eigenvalue weighted by molar-refractivity contribution is 5.81. The number of hydrogen-bond donors (Lipinski definition) is 1. The van der Waals surface area contributed by atoms with Gasteiger partial charge in [0.25, 0.3) is 5.91 Å². The van der Waals surface area contributed by atoms with E-state index in [0.717, 1.165) is 5.56 Å². The molecule has 0 spiro atoms. The number of carboxylic acids is 1. The third kappa shape index (κ3) is 4.57. The molecule has 20 heavy (non-hydrogen) atoms. The largest absolute Gasteiger partial charge is 0.481 e. The molecule has 0 heterocycles. The Bertz CT molecular complexity index is 473. The fourth-order valence-corrected chi connectivity index (χ4v) is 1.77. The number of aryl methyl sites for hydroxylation is 1. The van der Waals surface area contributed by atoms with Gasteiger partial charge in [-0.05, 0) is 25.0 Å². The van der Waals surface area contributed by atoms with Crippen molar-refractivity contribution in [3.05, 3.63) is 29.8 Å². The van der Waals surface area contributed by atoms with Crippen LogP contribution in [0, 0.1) is 6.92 Å². The summed E-state index contributed by atoms with van der Waals surface area (Å²) in [6, 6.07) is 7.50. The van der Waals surface area contributed by atoms with Crippen LogP contribution >= 0.6 is 0 Å². The summed E-state index contributed by atoms with van der Waals surface area (Å²) in [7, 11) is 1.59. The van der Waals surface area contributed by atoms with Crippen molar-refractivity contribution >= 4 is 11.9 Å². The molecule has 1 amide bonds. The van der Waals surface area contributed by atoms with Gasteiger partial charge in [-0.15, -0.1) is 0 Å². The Morgan fingerprint density at radius 1 is 1.35 bits per heavy atom. The van der Waals surface area contributed by atoms with Gasteiger partial charge < -0.3 is 14.7 Å². The van der Waals surface area contributed by atoms with Crippen molar-refractivity contribution in [2.75, 3.05) is 13.6 Å². The average Bonchev–Trinajstić information content (AvgIpc) is 2.43. The van der Waals surface area contributed by atoms with Gasteiger partial charge in [-0.2, -0.15) is 0 Å². The number of benzene rings is 1. The minimum Gasteiger partial charge on any atom is -0.481 e. The molecule has 1 aromatic rings. The molecule has 0 bridgehead atoms. The molecule has 0 aliphatic heterocycles. The topological polar surface area (TPSA) is 66.8 Å². The maximum absolute atomic E-state index is 12.2. The molecular weight excluding hydrogens is 258 g/mol. The summed E-state index contributed by atoms with van der Waals surface area (Å²) in [5.41, 5.74) is 0.965. The van der Waals surface area contributed by atoms with E-state index in [1.165, 1.54) is 4.90 Å². The van der Waals surface area contributed by atoms with Crippen LogP contribution in [-0.4, -0.2) is 41.6 Å². The van der Waals surface area contributed by atoms with Crippen LogP contribution in [0.4, 0.5) is 0 Å². The predicted octanol–water partition coefficient (Wildman–Crippen LogP) is 2.09. The Hall–Kier alpha value is -2.04. The molecule has 1 aromatic carbocycles. The number of carbonyl (C=O) groups is 2. The molecule has 5 heteroatoms. The number of carboxylic acid groups (broad SMARTS) is 1. The van der Waals surface area contributed by atoms with E-state index < -0.39 is 12.1 Å². The number of carbonyl (C=O) groups excluding carboxylic acids is 1. The summed E-state index contributed by atoms with van der Waals surface area (Å²) in [4.78, 5) is 24.1. The minimum absolute atomic E-state index is 0.0664. The minimum atomic E-state index is -0.919. The smallest absolute Gasteiger partial charge is 0.305 e. The number of nitrogens with zero attached hydrogens (tertiary/aromatic N) is 1. The lowest BCUT2D eigenvalue weighted by Gasteiger charge is -2.24. The normalized spacial score (nSPS) is 11.8. The molecule has 110 valence electrons. The first kappa shape index (κ1) is 16.0. The Kier molecular flexibility index (Phi) is 6.03. The van der Waals surface area contributed by atoms with E-state index in [1.807, 2.05) is 38.1 Å². The van der Waals surface area contributed by atoms with E-state index in [0.29, 0.717) is 12.2 Å². The molecule has 0 aliphatic carbocycles. The van der Waals surface area contributed by atoms with Crippen molar-refractivity contribution < 1.29 is 19.4 Å². The van der Waals surface area contributed by atoms with Gasteiger partial charge >= 0.3 is 5.97 Å². The van der Waals surface area contributed by atoms with Gasteiger partial charge in [-0.25, -0.2) is 0 Å². The van der Waals surface area contributed by atoms with Crippen molar-refractivity contribution in [3.63, 3.8) is 0 Å². The van der Waals surface area contributed by atoms with E-state index in [2.05, 4.69) is 0 Å². The predicted molar refractivity (Wildman–Crippen MR) is 75.8 cm³/mol. The average molecular weight is 279 g/mol. The second-order valence-electron chi connectivity index (χ2n) is 4.68. The fraction of sp³-hybridized carbons (Fsp3) is 0.467. The Balaban J connectivity index is 2.68. The highest BCUT2D eigenvalue weighted by Crippen LogP contribution is 2.19. The van der Waals surface area contributed by atoms with Crippen LogP contribution in [-0.2, 0) is 9.59 Å². The molecule has 1 atom stereocenters. The van der Waals surface area contributed by atoms with Crippen LogP contribution in [0.3, 0.4) is 0 Å². The summed E-state index contributed by atoms with van der Waals surface area (Å²) < 4.78 is 5.75. The quantitative estimate of drug-likeness (QED) is 0.830. The Labute approximate surface area is 119 Å². The molecule has 0 aromatic heterocycles. The molecule has 1 unspecified atom stereocenters. The Morgan fingerprint density at radius 3 is 2.55 bits per heavy atom. The first-order valence-corrected chi connectivity index (χ1v) is 6.64. The van der Waals surface area contributed by atoms with Gasteiger partial charge in [0.05, 0.1) is 6.42 Å². The highest BCUT2D eigenvalue weighted by atomic mass is 16.5. The lowest BCUT2D eigenvalue weighted by Crippen LogP contribution is -2.40. The third-order valence-electron chi connectivity index (χ3n) is 3.05. The van der Waals surface area contributed by atoms with Gasteiger partial charge in [-0.3, -0.25) is 9.59 Å². The monoisotopic (exact) mass is 279 g/mol. The van der Waals surface area contributed by atoms with Crippen molar-refractivity contribution in [3.8, 4) is 5.75 Å². The second-order valence-corrected chi connectivity index (χ2v) is 4.68. The van der Waals surface area contributed by atoms with Gasteiger partial charge in [0, 0.05) is 13.6 Å². The van der Waals surface area contributed by atoms with E-state index in [-0.39, 0.29) is 18.9 Å². The van der Waals surface area contributed by atoms with Crippen LogP contribution in [0.2, 0.25) is 0 Å². The molecule has 1 rings (SSSR count). The van der Waals surface area contributed by atoms with Crippen LogP contribution in [0.25, 0.3) is 0 Å². The third-order valence-corrected chi connectivity index (χ3v) is 3.05. The molecular formula is C15H21NO4. The zero-order valence-corrected chi connectivity index (χ0v) is 12.1. The van der Waals surface area contributed by atoms with Crippen molar-refractivity contribution in [2.24, 2.45) is 0 Å². The van der Waals surface area contributed by atoms with Crippen LogP contribution in [0.1, 0.15) is 25.3 Å². The first-order valence-electron chi connectivity index (χ1n) is 6.64. The van der Waals surface area contributed by atoms with Crippen LogP contribution in [0.5, 0.6) is 5.75 Å². The SMILES string of the molecule is CCC(Oc1ccccc1C)C(=O)N(C)CCC(=O)O. The maximum atomic E-state index is 12.2. The molecule has 0 fully saturated rings. The second kappa shape index (κ2) is 7.53. The molecule has 0 saturated heterocycles. The maximum Gasteiger partial charge on any atom is 0.305 e. The number of rotatable bonds is 7. The number of aliphatic carboxylic acids is 1. The molecule has 0 aliphatic rings. The summed E-state index contributed by atoms with van der Waals surface area (Å²) in [5.74, 6) is -0.436. The number of likely N-dealkylation sites (N-methyl/N-ethyl adjacent to an activating group) is 1. The van der Waals surface area contributed by atoms with Gasteiger partial charge in [-0.1, -0.05) is 25.1 Å². The lowest BCUT2D eigenvalue weighted by molar-refractivity contribution is -0.140. The fourth-order valence-electron chi connectivity index (χ4n) is 1.77. The highest BCUT2D eigenvalue weighted by Gasteiger charge is 2.23. The van der Waals surface area contributed by atoms with Crippen molar-refractivity contribution in [1.29, 1.82) is 0 Å². The summed E-state index contributed by atoms with van der Waals surface area (Å²) >= 11 is 0. The van der Waals surface area contributed by atoms with Crippen LogP contribution < -0.4 is 4.74 Å². The van der Waals surface area contributed by atoms with Gasteiger partial charge in [0.15, 0.2) is 6.10 Å². The summed E-state index contributed by atoms with van der Waals surface area (Å²) in [6.07, 6.45) is -0.122. The first-order chi connectivity index (χ1) is 9.45. The Morgan fingerprint density at radius 2 is 2.00 bits per heavy atom. The van der Waals surface area contributed by atoms with Crippen molar-refractivity contribution in [2.45, 2.75) is 32.8 Å². The molecule has 5 nitrogen and oxygen atoms in total. The van der Waals surface area contributed by atoms with E-state index in [9.17, 15) is 9.59 Å². The molecule has 0 radical (unpaired) electrons.